The number of amides is 1. The van der Waals surface area contributed by atoms with Gasteiger partial charge in [-0.2, -0.15) is 0 Å². The minimum absolute atomic E-state index is 0.195. The maximum atomic E-state index is 12.3. The van der Waals surface area contributed by atoms with Gasteiger partial charge in [0.25, 0.3) is 5.91 Å². The Morgan fingerprint density at radius 3 is 2.57 bits per heavy atom. The molecule has 1 aromatic heterocycles. The van der Waals surface area contributed by atoms with E-state index in [1.54, 1.807) is 19.1 Å². The number of nitrogens with one attached hydrogen (secondary N) is 1. The predicted molar refractivity (Wildman–Crippen MR) is 80.2 cm³/mol. The highest BCUT2D eigenvalue weighted by atomic mass is 35.5. The fourth-order valence-electron chi connectivity index (χ4n) is 1.93. The zero-order valence-corrected chi connectivity index (χ0v) is 13.3. The summed E-state index contributed by atoms with van der Waals surface area (Å²) in [7, 11) is 1.43. The van der Waals surface area contributed by atoms with E-state index in [9.17, 15) is 4.79 Å². The maximum absolute atomic E-state index is 12.3. The van der Waals surface area contributed by atoms with E-state index in [1.807, 2.05) is 6.92 Å². The fraction of sp³-hybridized carbons (Fsp3) is 0.286. The van der Waals surface area contributed by atoms with E-state index >= 15 is 0 Å². The lowest BCUT2D eigenvalue weighted by Gasteiger charge is -2.11. The quantitative estimate of drug-likeness (QED) is 0.932. The van der Waals surface area contributed by atoms with Crippen LogP contribution >= 0.6 is 23.2 Å². The van der Waals surface area contributed by atoms with Gasteiger partial charge in [0.1, 0.15) is 11.3 Å². The summed E-state index contributed by atoms with van der Waals surface area (Å²) in [6.07, 6.45) is 0. The van der Waals surface area contributed by atoms with E-state index < -0.39 is 5.91 Å². The van der Waals surface area contributed by atoms with Crippen LogP contribution in [-0.2, 0) is 6.54 Å². The zero-order valence-electron chi connectivity index (χ0n) is 11.8. The Morgan fingerprint density at radius 1 is 1.33 bits per heavy atom. The summed E-state index contributed by atoms with van der Waals surface area (Å²) in [5.74, 6) is 0.994. The summed E-state index contributed by atoms with van der Waals surface area (Å²) in [5.41, 5.74) is 0.928. The molecule has 0 saturated heterocycles. The van der Waals surface area contributed by atoms with E-state index in [4.69, 9.17) is 32.4 Å². The van der Waals surface area contributed by atoms with Crippen molar-refractivity contribution in [2.45, 2.75) is 20.4 Å². The molecule has 0 radical (unpaired) electrons. The van der Waals surface area contributed by atoms with Gasteiger partial charge in [-0.15, -0.1) is 0 Å². The van der Waals surface area contributed by atoms with Gasteiger partial charge < -0.3 is 14.5 Å². The number of nitrogens with zero attached hydrogens (tertiary/aromatic N) is 1. The molecule has 0 unspecified atom stereocenters. The largest absolute Gasteiger partial charge is 0.494 e. The van der Waals surface area contributed by atoms with Crippen LogP contribution in [0.2, 0.25) is 10.0 Å². The normalized spacial score (nSPS) is 10.5. The topological polar surface area (TPSA) is 64.4 Å². The maximum Gasteiger partial charge on any atom is 0.257 e. The van der Waals surface area contributed by atoms with E-state index in [0.29, 0.717) is 16.7 Å². The molecule has 0 atom stereocenters. The van der Waals surface area contributed by atoms with Gasteiger partial charge in [0.05, 0.1) is 29.4 Å². The molecule has 1 aromatic carbocycles. The number of carbonyl (C=O) groups is 1. The SMILES string of the molecule is COc1c(Cl)ccc(Cl)c1C(=O)NCc1oc(C)nc1C. The molecule has 1 N–H and O–H groups in total. The lowest BCUT2D eigenvalue weighted by molar-refractivity contribution is 0.0945. The Balaban J connectivity index is 2.21. The highest BCUT2D eigenvalue weighted by Crippen LogP contribution is 2.33. The minimum atomic E-state index is -0.396. The molecule has 21 heavy (non-hydrogen) atoms. The van der Waals surface area contributed by atoms with Gasteiger partial charge in [-0.25, -0.2) is 4.98 Å². The van der Waals surface area contributed by atoms with Gasteiger partial charge in [0.2, 0.25) is 0 Å². The number of oxazole rings is 1. The number of hydrogen-bond acceptors (Lipinski definition) is 4. The van der Waals surface area contributed by atoms with Crippen molar-refractivity contribution < 1.29 is 13.9 Å². The zero-order chi connectivity index (χ0) is 15.6. The first-order valence-electron chi connectivity index (χ1n) is 6.17. The second kappa shape index (κ2) is 6.37. The van der Waals surface area contributed by atoms with E-state index in [0.717, 1.165) is 5.69 Å². The number of aromatic nitrogens is 1. The van der Waals surface area contributed by atoms with Crippen LogP contribution in [0.5, 0.6) is 5.75 Å². The molecule has 0 fully saturated rings. The number of halogens is 2. The van der Waals surface area contributed by atoms with Crippen molar-refractivity contribution in [3.05, 3.63) is 45.1 Å². The van der Waals surface area contributed by atoms with E-state index in [2.05, 4.69) is 10.3 Å². The van der Waals surface area contributed by atoms with Crippen molar-refractivity contribution in [3.8, 4) is 5.75 Å². The van der Waals surface area contributed by atoms with Crippen LogP contribution in [0, 0.1) is 13.8 Å². The molecule has 0 aliphatic heterocycles. The third-order valence-electron chi connectivity index (χ3n) is 2.90. The molecule has 0 saturated carbocycles. The summed E-state index contributed by atoms with van der Waals surface area (Å²) in [6, 6.07) is 3.12. The lowest BCUT2D eigenvalue weighted by atomic mass is 10.2. The Hall–Kier alpha value is -1.72. The van der Waals surface area contributed by atoms with Crippen LogP contribution in [-0.4, -0.2) is 18.0 Å². The first-order valence-corrected chi connectivity index (χ1v) is 6.92. The van der Waals surface area contributed by atoms with Gasteiger partial charge in [0.15, 0.2) is 11.6 Å². The van der Waals surface area contributed by atoms with Gasteiger partial charge >= 0.3 is 0 Å². The number of methoxy groups -OCH3 is 1. The van der Waals surface area contributed by atoms with Crippen LogP contribution < -0.4 is 10.1 Å². The molecular weight excluding hydrogens is 315 g/mol. The van der Waals surface area contributed by atoms with Crippen molar-refractivity contribution >= 4 is 29.1 Å². The van der Waals surface area contributed by atoms with Gasteiger partial charge in [-0.3, -0.25) is 4.79 Å². The van der Waals surface area contributed by atoms with Crippen molar-refractivity contribution in [2.75, 3.05) is 7.11 Å². The number of benzene rings is 1. The number of carbonyl (C=O) groups excluding carboxylic acids is 1. The summed E-state index contributed by atoms with van der Waals surface area (Å²) in [6.45, 7) is 3.76. The molecule has 5 nitrogen and oxygen atoms in total. The van der Waals surface area contributed by atoms with Gasteiger partial charge in [0, 0.05) is 6.92 Å². The monoisotopic (exact) mass is 328 g/mol. The second-order valence-corrected chi connectivity index (χ2v) is 5.18. The molecule has 1 heterocycles. The Bertz CT molecular complexity index is 683. The molecule has 1 amide bonds. The number of aryl methyl sites for hydroxylation is 2. The van der Waals surface area contributed by atoms with E-state index in [-0.39, 0.29) is 22.9 Å². The standard InChI is InChI=1S/C14H14Cl2N2O3/c1-7-11(21-8(2)18-7)6-17-14(19)12-9(15)4-5-10(16)13(12)20-3/h4-5H,6H2,1-3H3,(H,17,19). The summed E-state index contributed by atoms with van der Waals surface area (Å²) in [4.78, 5) is 16.4. The average Bonchev–Trinajstić information content (AvgIpc) is 2.76. The Kier molecular flexibility index (Phi) is 4.75. The minimum Gasteiger partial charge on any atom is -0.494 e. The van der Waals surface area contributed by atoms with Crippen molar-refractivity contribution in [1.82, 2.24) is 10.3 Å². The smallest absolute Gasteiger partial charge is 0.257 e. The molecule has 7 heteroatoms. The summed E-state index contributed by atoms with van der Waals surface area (Å²) < 4.78 is 10.5. The molecule has 0 spiro atoms. The van der Waals surface area contributed by atoms with Crippen LogP contribution in [0.25, 0.3) is 0 Å². The first-order chi connectivity index (χ1) is 9.93. The fourth-order valence-corrected chi connectivity index (χ4v) is 2.40. The highest BCUT2D eigenvalue weighted by Gasteiger charge is 2.20. The number of rotatable bonds is 4. The van der Waals surface area contributed by atoms with Crippen molar-refractivity contribution in [3.63, 3.8) is 0 Å². The Labute approximate surface area is 132 Å². The van der Waals surface area contributed by atoms with Crippen LogP contribution in [0.4, 0.5) is 0 Å². The third kappa shape index (κ3) is 3.31. The molecule has 0 aliphatic carbocycles. The van der Waals surface area contributed by atoms with E-state index in [1.165, 1.54) is 7.11 Å². The van der Waals surface area contributed by atoms with Gasteiger partial charge in [-0.1, -0.05) is 23.2 Å². The highest BCUT2D eigenvalue weighted by molar-refractivity contribution is 6.37. The van der Waals surface area contributed by atoms with Crippen LogP contribution in [0.1, 0.15) is 27.7 Å². The first kappa shape index (κ1) is 15.7. The van der Waals surface area contributed by atoms with Crippen LogP contribution in [0.15, 0.2) is 16.5 Å². The Morgan fingerprint density at radius 2 is 2.00 bits per heavy atom. The molecular formula is C14H14Cl2N2O3. The van der Waals surface area contributed by atoms with Crippen LogP contribution in [0.3, 0.4) is 0 Å². The third-order valence-corrected chi connectivity index (χ3v) is 3.51. The molecule has 2 aromatic rings. The summed E-state index contributed by atoms with van der Waals surface area (Å²) >= 11 is 12.1. The van der Waals surface area contributed by atoms with Gasteiger partial charge in [-0.05, 0) is 19.1 Å². The van der Waals surface area contributed by atoms with Crippen molar-refractivity contribution in [2.24, 2.45) is 0 Å². The predicted octanol–water partition coefficient (Wildman–Crippen LogP) is 3.54. The molecule has 0 bridgehead atoms. The summed E-state index contributed by atoms with van der Waals surface area (Å²) in [5, 5.41) is 3.30. The average molecular weight is 329 g/mol. The molecule has 0 aliphatic rings. The lowest BCUT2D eigenvalue weighted by Crippen LogP contribution is -2.24. The van der Waals surface area contributed by atoms with Crippen molar-refractivity contribution in [1.29, 1.82) is 0 Å². The molecule has 112 valence electrons. The second-order valence-electron chi connectivity index (χ2n) is 4.36. The molecule has 2 rings (SSSR count). The number of hydrogen-bond donors (Lipinski definition) is 1. The number of ether oxygens (including phenoxy) is 1.